The number of amides is 1. The zero-order chi connectivity index (χ0) is 19.9. The van der Waals surface area contributed by atoms with Crippen LogP contribution in [-0.2, 0) is 4.79 Å². The van der Waals surface area contributed by atoms with Gasteiger partial charge in [0.1, 0.15) is 5.82 Å². The van der Waals surface area contributed by atoms with E-state index in [1.807, 2.05) is 57.4 Å². The molecule has 0 radical (unpaired) electrons. The smallest absolute Gasteiger partial charge is 0.229 e. The molecule has 0 unspecified atom stereocenters. The summed E-state index contributed by atoms with van der Waals surface area (Å²) in [6.07, 6.45) is 1.23. The minimum absolute atomic E-state index is 0.108. The van der Waals surface area contributed by atoms with Crippen molar-refractivity contribution < 1.29 is 9.18 Å². The lowest BCUT2D eigenvalue weighted by molar-refractivity contribution is -0.123. The Morgan fingerprint density at radius 3 is 2.48 bits per heavy atom. The zero-order valence-electron chi connectivity index (χ0n) is 16.3. The van der Waals surface area contributed by atoms with Crippen LogP contribution in [0.4, 0.5) is 10.1 Å². The molecule has 0 bridgehead atoms. The highest BCUT2D eigenvalue weighted by molar-refractivity contribution is 6.04. The summed E-state index contributed by atoms with van der Waals surface area (Å²) in [4.78, 5) is 12.4. The van der Waals surface area contributed by atoms with Gasteiger partial charge in [0.05, 0.1) is 11.2 Å². The van der Waals surface area contributed by atoms with Crippen molar-refractivity contribution in [1.82, 2.24) is 4.57 Å². The van der Waals surface area contributed by atoms with Gasteiger partial charge in [0.2, 0.25) is 5.91 Å². The number of nitrogens with one attached hydrogen (secondary N) is 2. The Bertz CT molecular complexity index is 1060. The van der Waals surface area contributed by atoms with E-state index in [4.69, 9.17) is 5.41 Å². The van der Waals surface area contributed by atoms with Gasteiger partial charge >= 0.3 is 0 Å². The number of rotatable bonds is 3. The van der Waals surface area contributed by atoms with E-state index in [1.165, 1.54) is 18.3 Å². The van der Waals surface area contributed by atoms with Crippen molar-refractivity contribution in [3.63, 3.8) is 0 Å². The molecule has 0 fully saturated rings. The second-order valence-electron chi connectivity index (χ2n) is 7.83. The van der Waals surface area contributed by atoms with E-state index in [0.29, 0.717) is 11.3 Å². The number of anilines is 1. The number of carbonyl (C=O) groups is 1. The Morgan fingerprint density at radius 1 is 1.19 bits per heavy atom. The van der Waals surface area contributed by atoms with Gasteiger partial charge in [-0.15, -0.1) is 0 Å². The van der Waals surface area contributed by atoms with Gasteiger partial charge in [-0.25, -0.2) is 4.39 Å². The summed E-state index contributed by atoms with van der Waals surface area (Å²) >= 11 is 0. The average Bonchev–Trinajstić information content (AvgIpc) is 2.84. The molecule has 140 valence electrons. The highest BCUT2D eigenvalue weighted by Gasteiger charge is 2.23. The molecular formula is C22H24FN3O. The third-order valence-electron chi connectivity index (χ3n) is 4.84. The van der Waals surface area contributed by atoms with Crippen LogP contribution in [0, 0.1) is 30.5 Å². The lowest BCUT2D eigenvalue weighted by Crippen LogP contribution is -2.28. The molecule has 0 spiro atoms. The van der Waals surface area contributed by atoms with E-state index in [9.17, 15) is 9.18 Å². The average molecular weight is 365 g/mol. The fourth-order valence-corrected chi connectivity index (χ4v) is 3.12. The van der Waals surface area contributed by atoms with Gasteiger partial charge in [0, 0.05) is 34.0 Å². The molecule has 1 heterocycles. The standard InChI is InChI=1S/C22H24FN3O/c1-13-14(2)26(17-8-6-7-16(23)10-17)20-9-15(12-24)19(11-18(13)20)25-21(27)22(3,4)5/h6-12,24H,1-5H3,(H,25,27). The number of nitrogens with zero attached hydrogens (tertiary/aromatic N) is 1. The fraction of sp³-hybridized carbons (Fsp3) is 0.273. The molecule has 1 amide bonds. The Hall–Kier alpha value is -2.95. The van der Waals surface area contributed by atoms with Crippen LogP contribution in [0.5, 0.6) is 0 Å². The molecule has 2 N–H and O–H groups in total. The highest BCUT2D eigenvalue weighted by Crippen LogP contribution is 2.33. The Balaban J connectivity index is 2.24. The number of aromatic nitrogens is 1. The van der Waals surface area contributed by atoms with Crippen molar-refractivity contribution in [3.05, 3.63) is 59.0 Å². The van der Waals surface area contributed by atoms with Gasteiger partial charge in [0.25, 0.3) is 0 Å². The number of hydrogen-bond acceptors (Lipinski definition) is 2. The van der Waals surface area contributed by atoms with E-state index in [-0.39, 0.29) is 11.7 Å². The number of benzene rings is 2. The molecule has 0 saturated carbocycles. The molecule has 0 aliphatic rings. The lowest BCUT2D eigenvalue weighted by Gasteiger charge is -2.19. The van der Waals surface area contributed by atoms with Gasteiger partial charge in [0.15, 0.2) is 0 Å². The molecule has 0 aliphatic heterocycles. The Morgan fingerprint density at radius 2 is 1.89 bits per heavy atom. The molecule has 4 nitrogen and oxygen atoms in total. The molecule has 2 aromatic carbocycles. The van der Waals surface area contributed by atoms with Crippen molar-refractivity contribution in [2.24, 2.45) is 5.41 Å². The minimum Gasteiger partial charge on any atom is -0.325 e. The van der Waals surface area contributed by atoms with Gasteiger partial charge in [-0.2, -0.15) is 0 Å². The van der Waals surface area contributed by atoms with Crippen molar-refractivity contribution in [1.29, 1.82) is 5.41 Å². The molecule has 3 aromatic rings. The first-order valence-electron chi connectivity index (χ1n) is 8.87. The fourth-order valence-electron chi connectivity index (χ4n) is 3.12. The maximum atomic E-state index is 13.8. The van der Waals surface area contributed by atoms with Crippen LogP contribution in [0.15, 0.2) is 36.4 Å². The summed E-state index contributed by atoms with van der Waals surface area (Å²) in [5.41, 5.74) is 4.33. The summed E-state index contributed by atoms with van der Waals surface area (Å²) < 4.78 is 15.7. The van der Waals surface area contributed by atoms with Gasteiger partial charge in [-0.3, -0.25) is 4.79 Å². The predicted octanol–water partition coefficient (Wildman–Crippen LogP) is 5.37. The summed E-state index contributed by atoms with van der Waals surface area (Å²) in [7, 11) is 0. The second-order valence-corrected chi connectivity index (χ2v) is 7.83. The van der Waals surface area contributed by atoms with E-state index < -0.39 is 5.41 Å². The third-order valence-corrected chi connectivity index (χ3v) is 4.84. The van der Waals surface area contributed by atoms with E-state index in [0.717, 1.165) is 27.8 Å². The van der Waals surface area contributed by atoms with Crippen LogP contribution in [0.1, 0.15) is 37.6 Å². The van der Waals surface area contributed by atoms with Crippen molar-refractivity contribution in [2.75, 3.05) is 5.32 Å². The monoisotopic (exact) mass is 365 g/mol. The molecule has 0 aliphatic carbocycles. The number of carbonyl (C=O) groups excluding carboxylic acids is 1. The molecule has 27 heavy (non-hydrogen) atoms. The molecule has 0 atom stereocenters. The zero-order valence-corrected chi connectivity index (χ0v) is 16.3. The van der Waals surface area contributed by atoms with Crippen LogP contribution in [0.3, 0.4) is 0 Å². The third kappa shape index (κ3) is 3.37. The van der Waals surface area contributed by atoms with Crippen molar-refractivity contribution in [2.45, 2.75) is 34.6 Å². The van der Waals surface area contributed by atoms with Crippen molar-refractivity contribution >= 4 is 28.7 Å². The molecule has 3 rings (SSSR count). The Kier molecular flexibility index (Phi) is 4.64. The Labute approximate surface area is 158 Å². The van der Waals surface area contributed by atoms with E-state index in [2.05, 4.69) is 5.32 Å². The first-order valence-corrected chi connectivity index (χ1v) is 8.87. The normalized spacial score (nSPS) is 11.6. The van der Waals surface area contributed by atoms with Crippen LogP contribution < -0.4 is 5.32 Å². The number of halogens is 1. The SMILES string of the molecule is Cc1c(C)n(-c2cccc(F)c2)c2cc(C=N)c(NC(=O)C(C)(C)C)cc12. The van der Waals surface area contributed by atoms with Crippen LogP contribution in [0.2, 0.25) is 0 Å². The maximum absolute atomic E-state index is 13.8. The number of fused-ring (bicyclic) bond motifs is 1. The molecule has 5 heteroatoms. The van der Waals surface area contributed by atoms with Gasteiger partial charge < -0.3 is 15.3 Å². The molecule has 1 aromatic heterocycles. The first kappa shape index (κ1) is 18.8. The van der Waals surface area contributed by atoms with E-state index in [1.54, 1.807) is 6.07 Å². The number of hydrogen-bond donors (Lipinski definition) is 2. The van der Waals surface area contributed by atoms with Gasteiger partial charge in [-0.05, 0) is 49.7 Å². The highest BCUT2D eigenvalue weighted by atomic mass is 19.1. The second kappa shape index (κ2) is 6.65. The summed E-state index contributed by atoms with van der Waals surface area (Å²) in [6, 6.07) is 10.2. The van der Waals surface area contributed by atoms with Crippen LogP contribution in [0.25, 0.3) is 16.6 Å². The maximum Gasteiger partial charge on any atom is 0.229 e. The molecular weight excluding hydrogens is 341 g/mol. The van der Waals surface area contributed by atoms with Crippen molar-refractivity contribution in [3.8, 4) is 5.69 Å². The van der Waals surface area contributed by atoms with Crippen LogP contribution in [-0.4, -0.2) is 16.7 Å². The quantitative estimate of drug-likeness (QED) is 0.603. The summed E-state index contributed by atoms with van der Waals surface area (Å²) in [6.45, 7) is 9.53. The summed E-state index contributed by atoms with van der Waals surface area (Å²) in [5, 5.41) is 11.7. The van der Waals surface area contributed by atoms with Crippen LogP contribution >= 0.6 is 0 Å². The largest absolute Gasteiger partial charge is 0.325 e. The minimum atomic E-state index is -0.535. The first-order chi connectivity index (χ1) is 12.6. The number of aryl methyl sites for hydroxylation is 1. The topological polar surface area (TPSA) is 57.9 Å². The van der Waals surface area contributed by atoms with Gasteiger partial charge in [-0.1, -0.05) is 26.8 Å². The molecule has 0 saturated heterocycles. The van der Waals surface area contributed by atoms with E-state index >= 15 is 0 Å². The predicted molar refractivity (Wildman–Crippen MR) is 109 cm³/mol. The lowest BCUT2D eigenvalue weighted by atomic mass is 9.95. The summed E-state index contributed by atoms with van der Waals surface area (Å²) in [5.74, 6) is -0.406.